The summed E-state index contributed by atoms with van der Waals surface area (Å²) < 4.78 is 5.23. The molecule has 1 saturated carbocycles. The van der Waals surface area contributed by atoms with E-state index in [1.165, 1.54) is 12.0 Å². The van der Waals surface area contributed by atoms with E-state index in [0.29, 0.717) is 12.0 Å². The molecule has 0 bridgehead atoms. The van der Waals surface area contributed by atoms with Crippen LogP contribution in [-0.4, -0.2) is 13.2 Å². The van der Waals surface area contributed by atoms with Gasteiger partial charge >= 0.3 is 0 Å². The normalized spacial score (nSPS) is 20.9. The first-order valence-corrected chi connectivity index (χ1v) is 6.52. The standard InChI is InChI=1S/C16H18N2O/c1-19-14-8-12(17)7-13(9-14)18-16-10-15(16)11-5-3-2-4-6-11/h2-9,15-16,18H,10,17H2,1H3. The fourth-order valence-corrected chi connectivity index (χ4v) is 2.46. The van der Waals surface area contributed by atoms with Crippen LogP contribution in [-0.2, 0) is 0 Å². The van der Waals surface area contributed by atoms with Gasteiger partial charge in [0, 0.05) is 35.5 Å². The van der Waals surface area contributed by atoms with Crippen LogP contribution in [0.25, 0.3) is 0 Å². The Hall–Kier alpha value is -2.16. The molecule has 2 aromatic rings. The molecule has 0 aromatic heterocycles. The average molecular weight is 254 g/mol. The van der Waals surface area contributed by atoms with Gasteiger partial charge in [-0.05, 0) is 18.1 Å². The van der Waals surface area contributed by atoms with Crippen LogP contribution < -0.4 is 15.8 Å². The molecule has 0 aliphatic heterocycles. The smallest absolute Gasteiger partial charge is 0.122 e. The van der Waals surface area contributed by atoms with E-state index >= 15 is 0 Å². The van der Waals surface area contributed by atoms with Crippen LogP contribution in [0.2, 0.25) is 0 Å². The Balaban J connectivity index is 1.69. The molecular formula is C16H18N2O. The minimum Gasteiger partial charge on any atom is -0.497 e. The highest BCUT2D eigenvalue weighted by Crippen LogP contribution is 2.43. The summed E-state index contributed by atoms with van der Waals surface area (Å²) >= 11 is 0. The lowest BCUT2D eigenvalue weighted by molar-refractivity contribution is 0.415. The van der Waals surface area contributed by atoms with Gasteiger partial charge < -0.3 is 15.8 Å². The molecule has 2 aromatic carbocycles. The number of nitrogens with one attached hydrogen (secondary N) is 1. The molecule has 3 rings (SSSR count). The van der Waals surface area contributed by atoms with Gasteiger partial charge in [-0.25, -0.2) is 0 Å². The van der Waals surface area contributed by atoms with E-state index in [0.717, 1.165) is 17.1 Å². The first-order chi connectivity index (χ1) is 9.26. The van der Waals surface area contributed by atoms with Crippen molar-refractivity contribution in [1.82, 2.24) is 0 Å². The molecule has 3 nitrogen and oxygen atoms in total. The van der Waals surface area contributed by atoms with Crippen molar-refractivity contribution < 1.29 is 4.74 Å². The van der Waals surface area contributed by atoms with E-state index in [-0.39, 0.29) is 0 Å². The summed E-state index contributed by atoms with van der Waals surface area (Å²) in [6.07, 6.45) is 1.17. The molecule has 2 unspecified atom stereocenters. The number of methoxy groups -OCH3 is 1. The monoisotopic (exact) mass is 254 g/mol. The summed E-state index contributed by atoms with van der Waals surface area (Å²) in [6, 6.07) is 16.9. The van der Waals surface area contributed by atoms with Crippen LogP contribution in [0.3, 0.4) is 0 Å². The number of hydrogen-bond acceptors (Lipinski definition) is 3. The van der Waals surface area contributed by atoms with E-state index in [2.05, 4.69) is 35.6 Å². The van der Waals surface area contributed by atoms with E-state index in [4.69, 9.17) is 10.5 Å². The molecule has 1 aliphatic carbocycles. The van der Waals surface area contributed by atoms with Gasteiger partial charge in [0.1, 0.15) is 5.75 Å². The molecule has 1 aliphatic rings. The van der Waals surface area contributed by atoms with Crippen molar-refractivity contribution >= 4 is 11.4 Å². The predicted molar refractivity (Wildman–Crippen MR) is 78.6 cm³/mol. The Morgan fingerprint density at radius 1 is 1.16 bits per heavy atom. The molecule has 3 heteroatoms. The van der Waals surface area contributed by atoms with Gasteiger partial charge in [0.05, 0.1) is 7.11 Å². The summed E-state index contributed by atoms with van der Waals surface area (Å²) in [7, 11) is 1.66. The second-order valence-corrected chi connectivity index (χ2v) is 5.00. The SMILES string of the molecule is COc1cc(N)cc(NC2CC2c2ccccc2)c1. The van der Waals surface area contributed by atoms with Gasteiger partial charge in [-0.2, -0.15) is 0 Å². The lowest BCUT2D eigenvalue weighted by atomic mass is 10.1. The Bertz CT molecular complexity index is 568. The van der Waals surface area contributed by atoms with Gasteiger partial charge in [-0.15, -0.1) is 0 Å². The molecule has 0 heterocycles. The third-order valence-corrected chi connectivity index (χ3v) is 3.53. The Morgan fingerprint density at radius 2 is 1.95 bits per heavy atom. The summed E-state index contributed by atoms with van der Waals surface area (Å²) in [4.78, 5) is 0. The highest BCUT2D eigenvalue weighted by molar-refractivity contribution is 5.60. The molecule has 0 spiro atoms. The zero-order chi connectivity index (χ0) is 13.2. The molecule has 98 valence electrons. The molecule has 0 radical (unpaired) electrons. The molecule has 19 heavy (non-hydrogen) atoms. The predicted octanol–water partition coefficient (Wildman–Crippen LogP) is 3.25. The topological polar surface area (TPSA) is 47.3 Å². The molecular weight excluding hydrogens is 236 g/mol. The number of ether oxygens (including phenoxy) is 1. The third kappa shape index (κ3) is 2.65. The number of nitrogen functional groups attached to an aromatic ring is 1. The van der Waals surface area contributed by atoms with E-state index in [9.17, 15) is 0 Å². The molecule has 3 N–H and O–H groups in total. The summed E-state index contributed by atoms with van der Waals surface area (Å²) in [6.45, 7) is 0. The van der Waals surface area contributed by atoms with Crippen molar-refractivity contribution in [3.63, 3.8) is 0 Å². The third-order valence-electron chi connectivity index (χ3n) is 3.53. The van der Waals surface area contributed by atoms with Gasteiger partial charge in [0.25, 0.3) is 0 Å². The highest BCUT2D eigenvalue weighted by Gasteiger charge is 2.38. The van der Waals surface area contributed by atoms with Gasteiger partial charge in [-0.3, -0.25) is 0 Å². The van der Waals surface area contributed by atoms with E-state index < -0.39 is 0 Å². The van der Waals surface area contributed by atoms with Crippen LogP contribution in [0.5, 0.6) is 5.75 Å². The highest BCUT2D eigenvalue weighted by atomic mass is 16.5. The summed E-state index contributed by atoms with van der Waals surface area (Å²) in [5.74, 6) is 1.40. The number of nitrogens with two attached hydrogens (primary N) is 1. The second kappa shape index (κ2) is 4.84. The molecule has 0 amide bonds. The lowest BCUT2D eigenvalue weighted by Crippen LogP contribution is -2.04. The van der Waals surface area contributed by atoms with Crippen LogP contribution in [0.15, 0.2) is 48.5 Å². The summed E-state index contributed by atoms with van der Waals surface area (Å²) in [5, 5.41) is 3.52. The first-order valence-electron chi connectivity index (χ1n) is 6.52. The van der Waals surface area contributed by atoms with Crippen molar-refractivity contribution in [2.45, 2.75) is 18.4 Å². The molecule has 0 saturated heterocycles. The van der Waals surface area contributed by atoms with Crippen molar-refractivity contribution in [3.8, 4) is 5.75 Å². The van der Waals surface area contributed by atoms with Crippen LogP contribution in [0, 0.1) is 0 Å². The summed E-state index contributed by atoms with van der Waals surface area (Å²) in [5.41, 5.74) is 9.00. The average Bonchev–Trinajstić information content (AvgIpc) is 3.18. The second-order valence-electron chi connectivity index (χ2n) is 5.00. The number of benzene rings is 2. The maximum absolute atomic E-state index is 5.86. The maximum atomic E-state index is 5.86. The van der Waals surface area contributed by atoms with E-state index in [1.807, 2.05) is 18.2 Å². The van der Waals surface area contributed by atoms with Crippen molar-refractivity contribution in [2.75, 3.05) is 18.2 Å². The Kier molecular flexibility index (Phi) is 3.03. The fourth-order valence-electron chi connectivity index (χ4n) is 2.46. The van der Waals surface area contributed by atoms with Crippen molar-refractivity contribution in [1.29, 1.82) is 0 Å². The zero-order valence-corrected chi connectivity index (χ0v) is 11.0. The number of anilines is 2. The van der Waals surface area contributed by atoms with Crippen LogP contribution in [0.4, 0.5) is 11.4 Å². The largest absolute Gasteiger partial charge is 0.497 e. The van der Waals surface area contributed by atoms with Gasteiger partial charge in [0.15, 0.2) is 0 Å². The Labute approximate surface area is 113 Å². The lowest BCUT2D eigenvalue weighted by Gasteiger charge is -2.09. The van der Waals surface area contributed by atoms with Crippen LogP contribution in [0.1, 0.15) is 17.9 Å². The maximum Gasteiger partial charge on any atom is 0.122 e. The molecule has 1 fully saturated rings. The van der Waals surface area contributed by atoms with Crippen LogP contribution >= 0.6 is 0 Å². The van der Waals surface area contributed by atoms with Crippen molar-refractivity contribution in [2.24, 2.45) is 0 Å². The Morgan fingerprint density at radius 3 is 2.68 bits per heavy atom. The minimum absolute atomic E-state index is 0.494. The number of rotatable bonds is 4. The van der Waals surface area contributed by atoms with Gasteiger partial charge in [-0.1, -0.05) is 30.3 Å². The van der Waals surface area contributed by atoms with E-state index in [1.54, 1.807) is 7.11 Å². The fraction of sp³-hybridized carbons (Fsp3) is 0.250. The quantitative estimate of drug-likeness (QED) is 0.823. The zero-order valence-electron chi connectivity index (χ0n) is 11.0. The number of hydrogen-bond donors (Lipinski definition) is 2. The minimum atomic E-state index is 0.494. The van der Waals surface area contributed by atoms with Crippen molar-refractivity contribution in [3.05, 3.63) is 54.1 Å². The van der Waals surface area contributed by atoms with Gasteiger partial charge in [0.2, 0.25) is 0 Å². The first kappa shape index (κ1) is 11.9. The molecule has 2 atom stereocenters.